The van der Waals surface area contributed by atoms with Crippen molar-refractivity contribution in [3.63, 3.8) is 0 Å². The number of thioether (sulfide) groups is 1. The van der Waals surface area contributed by atoms with Crippen LogP contribution in [0.5, 0.6) is 0 Å². The molecule has 0 saturated carbocycles. The summed E-state index contributed by atoms with van der Waals surface area (Å²) < 4.78 is 0. The van der Waals surface area contributed by atoms with Gasteiger partial charge in [0.1, 0.15) is 0 Å². The minimum absolute atomic E-state index is 0.725. The van der Waals surface area contributed by atoms with E-state index in [0.717, 1.165) is 17.0 Å². The highest BCUT2D eigenvalue weighted by Gasteiger charge is 2.00. The summed E-state index contributed by atoms with van der Waals surface area (Å²) in [4.78, 5) is 0. The van der Waals surface area contributed by atoms with E-state index in [1.165, 1.54) is 0 Å². The summed E-state index contributed by atoms with van der Waals surface area (Å²) in [5.41, 5.74) is 1.71. The Kier molecular flexibility index (Phi) is 3.67. The second-order valence-electron chi connectivity index (χ2n) is 2.35. The van der Waals surface area contributed by atoms with Crippen LogP contribution in [0.3, 0.4) is 0 Å². The first-order valence-electron chi connectivity index (χ1n) is 3.63. The van der Waals surface area contributed by atoms with Gasteiger partial charge in [0.05, 0.1) is 5.71 Å². The standard InChI is InChI=1S/C9H11NOS/c1-12-7-9(10-11)8-5-3-2-4-6-8/h2-6,11H,7H2,1H3/b10-9-. The predicted octanol–water partition coefficient (Wildman–Crippen LogP) is 2.23. The molecule has 0 bridgehead atoms. The highest BCUT2D eigenvalue weighted by Crippen LogP contribution is 2.05. The molecule has 64 valence electrons. The number of benzene rings is 1. The van der Waals surface area contributed by atoms with Crippen LogP contribution in [0.15, 0.2) is 35.5 Å². The summed E-state index contributed by atoms with van der Waals surface area (Å²) in [5.74, 6) is 0.737. The Labute approximate surface area is 76.3 Å². The number of rotatable bonds is 3. The van der Waals surface area contributed by atoms with Crippen LogP contribution in [0.25, 0.3) is 0 Å². The van der Waals surface area contributed by atoms with Crippen LogP contribution in [0, 0.1) is 0 Å². The van der Waals surface area contributed by atoms with Gasteiger partial charge in [-0.15, -0.1) is 0 Å². The van der Waals surface area contributed by atoms with Gasteiger partial charge in [0.15, 0.2) is 0 Å². The smallest absolute Gasteiger partial charge is 0.0966 e. The van der Waals surface area contributed by atoms with Crippen LogP contribution in [-0.4, -0.2) is 22.9 Å². The van der Waals surface area contributed by atoms with Crippen molar-refractivity contribution in [3.8, 4) is 0 Å². The molecule has 1 aromatic carbocycles. The van der Waals surface area contributed by atoms with Crippen LogP contribution >= 0.6 is 11.8 Å². The van der Waals surface area contributed by atoms with Crippen molar-refractivity contribution in [2.75, 3.05) is 12.0 Å². The molecule has 0 amide bonds. The summed E-state index contributed by atoms with van der Waals surface area (Å²) in [6.07, 6.45) is 1.98. The van der Waals surface area contributed by atoms with Gasteiger partial charge in [0, 0.05) is 11.3 Å². The fourth-order valence-corrected chi connectivity index (χ4v) is 1.44. The molecule has 0 saturated heterocycles. The van der Waals surface area contributed by atoms with Gasteiger partial charge in [-0.3, -0.25) is 0 Å². The van der Waals surface area contributed by atoms with E-state index in [1.54, 1.807) is 11.8 Å². The van der Waals surface area contributed by atoms with E-state index in [4.69, 9.17) is 5.21 Å². The molecule has 0 aromatic heterocycles. The van der Waals surface area contributed by atoms with E-state index in [9.17, 15) is 0 Å². The average Bonchev–Trinajstić information content (AvgIpc) is 2.15. The Morgan fingerprint density at radius 2 is 2.08 bits per heavy atom. The molecule has 0 heterocycles. The number of hydrogen-bond donors (Lipinski definition) is 1. The van der Waals surface area contributed by atoms with Crippen molar-refractivity contribution in [1.82, 2.24) is 0 Å². The van der Waals surface area contributed by atoms with Gasteiger partial charge in [0.25, 0.3) is 0 Å². The maximum Gasteiger partial charge on any atom is 0.0966 e. The fraction of sp³-hybridized carbons (Fsp3) is 0.222. The molecule has 0 aliphatic carbocycles. The second-order valence-corrected chi connectivity index (χ2v) is 3.21. The zero-order valence-electron chi connectivity index (χ0n) is 6.90. The molecule has 0 atom stereocenters. The van der Waals surface area contributed by atoms with Crippen molar-refractivity contribution in [2.24, 2.45) is 5.16 Å². The number of nitrogens with zero attached hydrogens (tertiary/aromatic N) is 1. The highest BCUT2D eigenvalue weighted by atomic mass is 32.2. The van der Waals surface area contributed by atoms with E-state index < -0.39 is 0 Å². The van der Waals surface area contributed by atoms with Gasteiger partial charge in [-0.25, -0.2) is 0 Å². The van der Waals surface area contributed by atoms with E-state index in [0.29, 0.717) is 0 Å². The van der Waals surface area contributed by atoms with Crippen molar-refractivity contribution in [3.05, 3.63) is 35.9 Å². The first kappa shape index (κ1) is 9.13. The van der Waals surface area contributed by atoms with Gasteiger partial charge < -0.3 is 5.21 Å². The highest BCUT2D eigenvalue weighted by molar-refractivity contribution is 7.99. The van der Waals surface area contributed by atoms with Crippen LogP contribution < -0.4 is 0 Å². The summed E-state index contributed by atoms with van der Waals surface area (Å²) in [5, 5.41) is 11.9. The lowest BCUT2D eigenvalue weighted by atomic mass is 10.1. The maximum atomic E-state index is 8.69. The van der Waals surface area contributed by atoms with Crippen LogP contribution in [0.4, 0.5) is 0 Å². The minimum atomic E-state index is 0.725. The van der Waals surface area contributed by atoms with Crippen molar-refractivity contribution in [1.29, 1.82) is 0 Å². The van der Waals surface area contributed by atoms with Crippen LogP contribution in [0.2, 0.25) is 0 Å². The maximum absolute atomic E-state index is 8.69. The number of oxime groups is 1. The third-order valence-electron chi connectivity index (χ3n) is 1.51. The van der Waals surface area contributed by atoms with E-state index in [2.05, 4.69) is 5.16 Å². The molecule has 2 nitrogen and oxygen atoms in total. The van der Waals surface area contributed by atoms with Gasteiger partial charge in [-0.1, -0.05) is 35.5 Å². The van der Waals surface area contributed by atoms with Gasteiger partial charge in [-0.2, -0.15) is 11.8 Å². The average molecular weight is 181 g/mol. The first-order valence-corrected chi connectivity index (χ1v) is 5.03. The van der Waals surface area contributed by atoms with Crippen molar-refractivity contribution in [2.45, 2.75) is 0 Å². The monoisotopic (exact) mass is 181 g/mol. The molecule has 0 radical (unpaired) electrons. The van der Waals surface area contributed by atoms with Crippen LogP contribution in [-0.2, 0) is 0 Å². The Morgan fingerprint density at radius 3 is 2.58 bits per heavy atom. The summed E-state index contributed by atoms with van der Waals surface area (Å²) in [7, 11) is 0. The molecule has 0 fully saturated rings. The Balaban J connectivity index is 2.82. The van der Waals surface area contributed by atoms with E-state index in [1.807, 2.05) is 36.6 Å². The Bertz CT molecular complexity index is 258. The minimum Gasteiger partial charge on any atom is -0.411 e. The normalized spacial score (nSPS) is 11.6. The lowest BCUT2D eigenvalue weighted by Crippen LogP contribution is -2.03. The Morgan fingerprint density at radius 1 is 1.42 bits per heavy atom. The lowest BCUT2D eigenvalue weighted by molar-refractivity contribution is 0.319. The Hall–Kier alpha value is -0.960. The fourth-order valence-electron chi connectivity index (χ4n) is 0.937. The van der Waals surface area contributed by atoms with Crippen LogP contribution in [0.1, 0.15) is 5.56 Å². The topological polar surface area (TPSA) is 32.6 Å². The molecular formula is C9H11NOS. The molecule has 0 aliphatic heterocycles. The third-order valence-corrected chi connectivity index (χ3v) is 2.07. The quantitative estimate of drug-likeness (QED) is 0.440. The third kappa shape index (κ3) is 2.27. The molecule has 0 unspecified atom stereocenters. The molecule has 1 aromatic rings. The first-order chi connectivity index (χ1) is 5.88. The molecule has 1 rings (SSSR count). The van der Waals surface area contributed by atoms with Gasteiger partial charge in [-0.05, 0) is 6.26 Å². The van der Waals surface area contributed by atoms with E-state index >= 15 is 0 Å². The predicted molar refractivity (Wildman–Crippen MR) is 53.1 cm³/mol. The van der Waals surface area contributed by atoms with Gasteiger partial charge in [0.2, 0.25) is 0 Å². The molecule has 12 heavy (non-hydrogen) atoms. The molecule has 3 heteroatoms. The molecule has 0 spiro atoms. The molecule has 1 N–H and O–H groups in total. The lowest BCUT2D eigenvalue weighted by Gasteiger charge is -2.00. The SMILES string of the molecule is CSC/C(=N/O)c1ccccc1. The second kappa shape index (κ2) is 4.83. The molecule has 0 aliphatic rings. The van der Waals surface area contributed by atoms with Gasteiger partial charge >= 0.3 is 0 Å². The zero-order chi connectivity index (χ0) is 8.81. The summed E-state index contributed by atoms with van der Waals surface area (Å²) >= 11 is 1.64. The number of hydrogen-bond acceptors (Lipinski definition) is 3. The van der Waals surface area contributed by atoms with E-state index in [-0.39, 0.29) is 0 Å². The molecular weight excluding hydrogens is 170 g/mol. The van der Waals surface area contributed by atoms with Crippen molar-refractivity contribution < 1.29 is 5.21 Å². The van der Waals surface area contributed by atoms with Crippen molar-refractivity contribution >= 4 is 17.5 Å². The summed E-state index contributed by atoms with van der Waals surface area (Å²) in [6, 6.07) is 9.68. The largest absolute Gasteiger partial charge is 0.411 e. The zero-order valence-corrected chi connectivity index (χ0v) is 7.71. The summed E-state index contributed by atoms with van der Waals surface area (Å²) in [6.45, 7) is 0.